The molecule has 2 saturated carbocycles. The Morgan fingerprint density at radius 2 is 1.94 bits per heavy atom. The molecule has 0 spiro atoms. The van der Waals surface area contributed by atoms with Crippen LogP contribution >= 0.6 is 0 Å². The van der Waals surface area contributed by atoms with Crippen LogP contribution in [-0.4, -0.2) is 29.4 Å². The molecule has 0 radical (unpaired) electrons. The van der Waals surface area contributed by atoms with Gasteiger partial charge in [0.1, 0.15) is 0 Å². The zero-order valence-electron chi connectivity index (χ0n) is 10.6. The van der Waals surface area contributed by atoms with Crippen molar-refractivity contribution < 1.29 is 4.79 Å². The first-order chi connectivity index (χ1) is 8.24. The minimum absolute atomic E-state index is 0.0538. The highest BCUT2D eigenvalue weighted by atomic mass is 16.2. The Morgan fingerprint density at radius 1 is 1.24 bits per heavy atom. The molecule has 0 bridgehead atoms. The van der Waals surface area contributed by atoms with Gasteiger partial charge in [0, 0.05) is 18.6 Å². The van der Waals surface area contributed by atoms with E-state index in [1.807, 2.05) is 11.0 Å². The lowest BCUT2D eigenvalue weighted by Crippen LogP contribution is -2.44. The molecule has 3 heteroatoms. The Kier molecular flexibility index (Phi) is 4.21. The van der Waals surface area contributed by atoms with E-state index in [2.05, 4.69) is 6.58 Å². The van der Waals surface area contributed by atoms with E-state index in [0.717, 1.165) is 32.1 Å². The van der Waals surface area contributed by atoms with Crippen LogP contribution in [0, 0.1) is 5.92 Å². The van der Waals surface area contributed by atoms with Crippen LogP contribution in [0.1, 0.15) is 44.9 Å². The number of hydrogen-bond acceptors (Lipinski definition) is 2. The van der Waals surface area contributed by atoms with Crippen LogP contribution in [0.2, 0.25) is 0 Å². The maximum atomic E-state index is 12.5. The third kappa shape index (κ3) is 3.09. The molecule has 0 aromatic heterocycles. The molecule has 0 aromatic carbocycles. The topological polar surface area (TPSA) is 46.3 Å². The van der Waals surface area contributed by atoms with Crippen molar-refractivity contribution in [3.8, 4) is 0 Å². The lowest BCUT2D eigenvalue weighted by Gasteiger charge is -2.28. The Balaban J connectivity index is 2.01. The van der Waals surface area contributed by atoms with Gasteiger partial charge in [-0.2, -0.15) is 0 Å². The summed E-state index contributed by atoms with van der Waals surface area (Å²) in [6.07, 6.45) is 9.67. The van der Waals surface area contributed by atoms with Crippen molar-refractivity contribution in [2.75, 3.05) is 6.54 Å². The van der Waals surface area contributed by atoms with E-state index >= 15 is 0 Å². The maximum Gasteiger partial charge on any atom is 0.227 e. The molecule has 0 saturated heterocycles. The van der Waals surface area contributed by atoms with Crippen molar-refractivity contribution in [2.24, 2.45) is 11.7 Å². The number of hydrogen-bond donors (Lipinski definition) is 1. The van der Waals surface area contributed by atoms with Crippen LogP contribution in [0.4, 0.5) is 0 Å². The molecule has 0 heterocycles. The van der Waals surface area contributed by atoms with E-state index in [-0.39, 0.29) is 17.9 Å². The molecule has 2 unspecified atom stereocenters. The van der Waals surface area contributed by atoms with Crippen LogP contribution in [0.3, 0.4) is 0 Å². The predicted molar refractivity (Wildman–Crippen MR) is 69.5 cm³/mol. The monoisotopic (exact) mass is 236 g/mol. The normalized spacial score (nSPS) is 29.5. The number of carbonyl (C=O) groups is 1. The molecule has 2 N–H and O–H groups in total. The third-order valence-electron chi connectivity index (χ3n) is 3.98. The molecule has 0 aromatic rings. The molecule has 17 heavy (non-hydrogen) atoms. The van der Waals surface area contributed by atoms with Crippen molar-refractivity contribution in [3.63, 3.8) is 0 Å². The molecule has 2 atom stereocenters. The van der Waals surface area contributed by atoms with Gasteiger partial charge in [0.2, 0.25) is 5.91 Å². The molecule has 0 aliphatic heterocycles. The second-order valence-electron chi connectivity index (χ2n) is 5.42. The molecular formula is C14H24N2O. The fraction of sp³-hybridized carbons (Fsp3) is 0.786. The number of rotatable bonds is 4. The van der Waals surface area contributed by atoms with E-state index < -0.39 is 0 Å². The summed E-state index contributed by atoms with van der Waals surface area (Å²) < 4.78 is 0. The number of carbonyl (C=O) groups excluding carboxylic acids is 1. The summed E-state index contributed by atoms with van der Waals surface area (Å²) in [5.74, 6) is 0.333. The van der Waals surface area contributed by atoms with Crippen LogP contribution in [0.15, 0.2) is 12.7 Å². The lowest BCUT2D eigenvalue weighted by molar-refractivity contribution is -0.136. The maximum absolute atomic E-state index is 12.5. The van der Waals surface area contributed by atoms with Gasteiger partial charge in [-0.05, 0) is 25.7 Å². The minimum atomic E-state index is 0.0538. The predicted octanol–water partition coefficient (Wildman–Crippen LogP) is 2.07. The molecule has 2 fully saturated rings. The second kappa shape index (κ2) is 5.67. The fourth-order valence-corrected chi connectivity index (χ4v) is 2.80. The van der Waals surface area contributed by atoms with Gasteiger partial charge in [0.25, 0.3) is 0 Å². The summed E-state index contributed by atoms with van der Waals surface area (Å²) in [5.41, 5.74) is 6.16. The molecular weight excluding hydrogens is 212 g/mol. The summed E-state index contributed by atoms with van der Waals surface area (Å²) in [4.78, 5) is 14.5. The number of nitrogens with two attached hydrogens (primary N) is 1. The summed E-state index contributed by atoms with van der Waals surface area (Å²) in [6.45, 7) is 4.44. The molecule has 1 amide bonds. The SMILES string of the molecule is C=CCN(C(=O)C1CCCCCC1N)C1CC1. The van der Waals surface area contributed by atoms with E-state index in [9.17, 15) is 4.79 Å². The van der Waals surface area contributed by atoms with Crippen molar-refractivity contribution in [1.29, 1.82) is 0 Å². The van der Waals surface area contributed by atoms with E-state index in [4.69, 9.17) is 5.73 Å². The minimum Gasteiger partial charge on any atom is -0.336 e. The Morgan fingerprint density at radius 3 is 2.59 bits per heavy atom. The second-order valence-corrected chi connectivity index (χ2v) is 5.42. The fourth-order valence-electron chi connectivity index (χ4n) is 2.80. The van der Waals surface area contributed by atoms with Gasteiger partial charge in [-0.3, -0.25) is 4.79 Å². The Labute approximate surface area is 104 Å². The Bertz CT molecular complexity index is 286. The summed E-state index contributed by atoms with van der Waals surface area (Å²) in [5, 5.41) is 0. The highest BCUT2D eigenvalue weighted by Gasteiger charge is 2.37. The highest BCUT2D eigenvalue weighted by molar-refractivity contribution is 5.80. The van der Waals surface area contributed by atoms with Gasteiger partial charge in [-0.1, -0.05) is 25.3 Å². The number of amides is 1. The van der Waals surface area contributed by atoms with Gasteiger partial charge < -0.3 is 10.6 Å². The van der Waals surface area contributed by atoms with Gasteiger partial charge in [-0.25, -0.2) is 0 Å². The first-order valence-electron chi connectivity index (χ1n) is 6.91. The zero-order chi connectivity index (χ0) is 12.3. The van der Waals surface area contributed by atoms with E-state index in [1.165, 1.54) is 12.8 Å². The first kappa shape index (κ1) is 12.6. The first-order valence-corrected chi connectivity index (χ1v) is 6.91. The third-order valence-corrected chi connectivity index (χ3v) is 3.98. The molecule has 2 aliphatic rings. The van der Waals surface area contributed by atoms with Crippen LogP contribution < -0.4 is 5.73 Å². The average molecular weight is 236 g/mol. The van der Waals surface area contributed by atoms with Crippen LogP contribution in [0.25, 0.3) is 0 Å². The molecule has 2 aliphatic carbocycles. The van der Waals surface area contributed by atoms with E-state index in [1.54, 1.807) is 0 Å². The van der Waals surface area contributed by atoms with Crippen molar-refractivity contribution in [1.82, 2.24) is 4.90 Å². The molecule has 2 rings (SSSR count). The average Bonchev–Trinajstić information content (AvgIpc) is 3.12. The van der Waals surface area contributed by atoms with Gasteiger partial charge in [0.05, 0.1) is 5.92 Å². The van der Waals surface area contributed by atoms with Crippen LogP contribution in [0.5, 0.6) is 0 Å². The van der Waals surface area contributed by atoms with Gasteiger partial charge in [0.15, 0.2) is 0 Å². The van der Waals surface area contributed by atoms with Crippen LogP contribution in [-0.2, 0) is 4.79 Å². The largest absolute Gasteiger partial charge is 0.336 e. The van der Waals surface area contributed by atoms with Crippen molar-refractivity contribution in [2.45, 2.75) is 57.0 Å². The van der Waals surface area contributed by atoms with Gasteiger partial charge >= 0.3 is 0 Å². The van der Waals surface area contributed by atoms with Crippen molar-refractivity contribution >= 4 is 5.91 Å². The standard InChI is InChI=1S/C14H24N2O/c1-2-10-16(11-8-9-11)14(17)12-6-4-3-5-7-13(12)15/h2,11-13H,1,3-10,15H2. The molecule has 96 valence electrons. The zero-order valence-corrected chi connectivity index (χ0v) is 10.6. The number of nitrogens with zero attached hydrogens (tertiary/aromatic N) is 1. The summed E-state index contributed by atoms with van der Waals surface area (Å²) >= 11 is 0. The lowest BCUT2D eigenvalue weighted by atomic mass is 9.94. The highest BCUT2D eigenvalue weighted by Crippen LogP contribution is 2.31. The summed E-state index contributed by atoms with van der Waals surface area (Å²) in [6, 6.07) is 0.534. The summed E-state index contributed by atoms with van der Waals surface area (Å²) in [7, 11) is 0. The molecule has 3 nitrogen and oxygen atoms in total. The quantitative estimate of drug-likeness (QED) is 0.600. The van der Waals surface area contributed by atoms with Gasteiger partial charge in [-0.15, -0.1) is 6.58 Å². The van der Waals surface area contributed by atoms with E-state index in [0.29, 0.717) is 12.6 Å². The van der Waals surface area contributed by atoms with Crippen molar-refractivity contribution in [3.05, 3.63) is 12.7 Å². The Hall–Kier alpha value is -0.830. The smallest absolute Gasteiger partial charge is 0.227 e.